The number of terminal acetylenes is 1. The number of anilines is 1. The molecule has 2 rings (SSSR count). The molecule has 0 aliphatic carbocycles. The minimum atomic E-state index is 0.292. The lowest BCUT2D eigenvalue weighted by Crippen LogP contribution is -2.35. The summed E-state index contributed by atoms with van der Waals surface area (Å²) in [5.74, 6) is 4.17. The van der Waals surface area contributed by atoms with Crippen LogP contribution in [0.4, 0.5) is 5.82 Å². The Balaban J connectivity index is 0.00000105. The van der Waals surface area contributed by atoms with E-state index in [1.54, 1.807) is 14.0 Å². The summed E-state index contributed by atoms with van der Waals surface area (Å²) in [6, 6.07) is 1.95. The van der Waals surface area contributed by atoms with Crippen molar-refractivity contribution in [1.29, 1.82) is 5.26 Å². The van der Waals surface area contributed by atoms with Crippen LogP contribution in [0.2, 0.25) is 0 Å². The van der Waals surface area contributed by atoms with Crippen LogP contribution >= 0.6 is 0 Å². The second-order valence-corrected chi connectivity index (χ2v) is 5.87. The molecule has 138 valence electrons. The first-order chi connectivity index (χ1) is 12.6. The van der Waals surface area contributed by atoms with Crippen LogP contribution in [-0.4, -0.2) is 47.4 Å². The summed E-state index contributed by atoms with van der Waals surface area (Å²) in [7, 11) is 1.73. The van der Waals surface area contributed by atoms with E-state index < -0.39 is 0 Å². The van der Waals surface area contributed by atoms with Crippen LogP contribution in [0.5, 0.6) is 0 Å². The van der Waals surface area contributed by atoms with Crippen LogP contribution < -0.4 is 11.1 Å². The fraction of sp³-hybridized carbons (Fsp3) is 0.474. The molecule has 0 atom stereocenters. The molecule has 1 aliphatic heterocycles. The third-order valence-electron chi connectivity index (χ3n) is 4.06. The maximum absolute atomic E-state index is 8.74. The van der Waals surface area contributed by atoms with Gasteiger partial charge in [0.05, 0.1) is 12.4 Å². The lowest BCUT2D eigenvalue weighted by atomic mass is 9.97. The second kappa shape index (κ2) is 11.6. The van der Waals surface area contributed by atoms with Crippen LogP contribution in [-0.2, 0) is 0 Å². The largest absolute Gasteiger partial charge is 0.375 e. The van der Waals surface area contributed by atoms with Crippen LogP contribution in [0.1, 0.15) is 32.4 Å². The third-order valence-corrected chi connectivity index (χ3v) is 4.06. The predicted molar refractivity (Wildman–Crippen MR) is 105 cm³/mol. The number of nitrogens with two attached hydrogens (primary N) is 1. The highest BCUT2D eigenvalue weighted by Crippen LogP contribution is 2.19. The van der Waals surface area contributed by atoms with Gasteiger partial charge in [-0.05, 0) is 45.2 Å². The Morgan fingerprint density at radius 3 is 2.58 bits per heavy atom. The number of nitriles is 1. The van der Waals surface area contributed by atoms with Crippen molar-refractivity contribution >= 4 is 11.7 Å². The second-order valence-electron chi connectivity index (χ2n) is 5.87. The molecule has 1 aromatic rings. The van der Waals surface area contributed by atoms with E-state index in [2.05, 4.69) is 44.4 Å². The number of amidine groups is 1. The fourth-order valence-corrected chi connectivity index (χ4v) is 2.55. The highest BCUT2D eigenvalue weighted by molar-refractivity contribution is 6.03. The molecule has 0 radical (unpaired) electrons. The Kier molecular flexibility index (Phi) is 9.45. The van der Waals surface area contributed by atoms with Crippen molar-refractivity contribution in [3.8, 4) is 18.4 Å². The van der Waals surface area contributed by atoms with Gasteiger partial charge in [-0.15, -0.1) is 12.3 Å². The molecule has 26 heavy (non-hydrogen) atoms. The Morgan fingerprint density at radius 1 is 1.46 bits per heavy atom. The normalized spacial score (nSPS) is 15.4. The van der Waals surface area contributed by atoms with Gasteiger partial charge in [-0.3, -0.25) is 4.99 Å². The molecule has 1 fully saturated rings. The maximum Gasteiger partial charge on any atom is 0.158 e. The monoisotopic (exact) mass is 353 g/mol. The zero-order chi connectivity index (χ0) is 19.4. The molecule has 0 unspecified atom stereocenters. The zero-order valence-corrected chi connectivity index (χ0v) is 15.7. The van der Waals surface area contributed by atoms with Crippen molar-refractivity contribution in [3.63, 3.8) is 0 Å². The number of aromatic nitrogens is 2. The van der Waals surface area contributed by atoms with Crippen molar-refractivity contribution in [2.75, 3.05) is 32.0 Å². The number of nitrogens with zero attached hydrogens (tertiary/aromatic N) is 5. The molecule has 0 bridgehead atoms. The van der Waals surface area contributed by atoms with Gasteiger partial charge >= 0.3 is 0 Å². The van der Waals surface area contributed by atoms with E-state index in [1.165, 1.54) is 12.4 Å². The van der Waals surface area contributed by atoms with Gasteiger partial charge < -0.3 is 16.0 Å². The quantitative estimate of drug-likeness (QED) is 0.487. The molecule has 7 nitrogen and oxygen atoms in total. The summed E-state index contributed by atoms with van der Waals surface area (Å²) >= 11 is 0. The summed E-state index contributed by atoms with van der Waals surface area (Å²) < 4.78 is 0. The molecular weight excluding hydrogens is 326 g/mol. The first-order valence-corrected chi connectivity index (χ1v) is 8.54. The summed E-state index contributed by atoms with van der Waals surface area (Å²) in [6.07, 6.45) is 11.8. The standard InChI is InChI=1S/C16H23N7.C3H4/c1-12(23-5-3-13(8-17)4-6-23)7-15(19-2)22-16-11-20-14(9-18)10-21-16;1-3-2/h7,10-11,13H,3-6,8,17H2,1-2H3,(H,19,21,22);1H,2H3/b12-7+;. The number of nitrogens with one attached hydrogen (secondary N) is 1. The molecule has 0 saturated carbocycles. The molecule has 0 aromatic carbocycles. The van der Waals surface area contributed by atoms with Gasteiger partial charge in [-0.2, -0.15) is 5.26 Å². The number of allylic oxidation sites excluding steroid dienone is 1. The number of hydrogen-bond acceptors (Lipinski definition) is 6. The molecular formula is C19H27N7. The Bertz CT molecular complexity index is 684. The third kappa shape index (κ3) is 6.92. The van der Waals surface area contributed by atoms with Gasteiger partial charge in [0, 0.05) is 25.8 Å². The summed E-state index contributed by atoms with van der Waals surface area (Å²) in [4.78, 5) is 14.7. The van der Waals surface area contributed by atoms with Gasteiger partial charge in [0.1, 0.15) is 17.7 Å². The lowest BCUT2D eigenvalue weighted by molar-refractivity contribution is 0.231. The first-order valence-electron chi connectivity index (χ1n) is 8.54. The number of aliphatic imine (C=N–C) groups is 1. The zero-order valence-electron chi connectivity index (χ0n) is 15.7. The van der Waals surface area contributed by atoms with Crippen molar-refractivity contribution in [2.24, 2.45) is 16.6 Å². The molecule has 1 aromatic heterocycles. The van der Waals surface area contributed by atoms with Crippen molar-refractivity contribution in [2.45, 2.75) is 26.7 Å². The highest BCUT2D eigenvalue weighted by atomic mass is 15.1. The van der Waals surface area contributed by atoms with Gasteiger partial charge in [0.15, 0.2) is 5.69 Å². The minimum Gasteiger partial charge on any atom is -0.375 e. The van der Waals surface area contributed by atoms with Crippen molar-refractivity contribution in [1.82, 2.24) is 14.9 Å². The Labute approximate surface area is 156 Å². The number of rotatable bonds is 4. The molecule has 0 amide bonds. The van der Waals surface area contributed by atoms with Gasteiger partial charge in [-0.1, -0.05) is 0 Å². The van der Waals surface area contributed by atoms with Crippen LogP contribution in [0.25, 0.3) is 0 Å². The van der Waals surface area contributed by atoms with E-state index in [0.29, 0.717) is 23.3 Å². The van der Waals surface area contributed by atoms with Gasteiger partial charge in [-0.25, -0.2) is 9.97 Å². The van der Waals surface area contributed by atoms with E-state index in [9.17, 15) is 0 Å². The van der Waals surface area contributed by atoms with Crippen LogP contribution in [0.15, 0.2) is 29.2 Å². The predicted octanol–water partition coefficient (Wildman–Crippen LogP) is 2.00. The molecule has 1 saturated heterocycles. The summed E-state index contributed by atoms with van der Waals surface area (Å²) in [5, 5.41) is 11.9. The lowest BCUT2D eigenvalue weighted by Gasteiger charge is -2.33. The average molecular weight is 353 g/mol. The van der Waals surface area contributed by atoms with E-state index in [0.717, 1.165) is 38.2 Å². The van der Waals surface area contributed by atoms with E-state index in [4.69, 9.17) is 11.0 Å². The Morgan fingerprint density at radius 2 is 2.12 bits per heavy atom. The molecule has 0 spiro atoms. The van der Waals surface area contributed by atoms with Gasteiger partial charge in [0.2, 0.25) is 0 Å². The summed E-state index contributed by atoms with van der Waals surface area (Å²) in [6.45, 7) is 6.56. The van der Waals surface area contributed by atoms with Crippen molar-refractivity contribution < 1.29 is 0 Å². The molecule has 2 heterocycles. The topological polar surface area (TPSA) is 103 Å². The van der Waals surface area contributed by atoms with Crippen LogP contribution in [0.3, 0.4) is 0 Å². The Hall–Kier alpha value is -2.90. The van der Waals surface area contributed by atoms with E-state index in [-0.39, 0.29) is 0 Å². The molecule has 7 heteroatoms. The summed E-state index contributed by atoms with van der Waals surface area (Å²) in [5.41, 5.74) is 7.19. The first kappa shape index (κ1) is 21.1. The maximum atomic E-state index is 8.74. The number of likely N-dealkylation sites (tertiary alicyclic amines) is 1. The SMILES string of the molecule is C#CC.CN=C(/C=C(\C)N1CCC(CN)CC1)Nc1cnc(C#N)cn1. The highest BCUT2D eigenvalue weighted by Gasteiger charge is 2.18. The van der Waals surface area contributed by atoms with E-state index in [1.807, 2.05) is 12.1 Å². The fourth-order valence-electron chi connectivity index (χ4n) is 2.55. The molecule has 3 N–H and O–H groups in total. The van der Waals surface area contributed by atoms with Crippen molar-refractivity contribution in [3.05, 3.63) is 29.9 Å². The molecule has 1 aliphatic rings. The number of hydrogen-bond donors (Lipinski definition) is 2. The average Bonchev–Trinajstić information content (AvgIpc) is 2.68. The smallest absolute Gasteiger partial charge is 0.158 e. The van der Waals surface area contributed by atoms with E-state index >= 15 is 0 Å². The number of piperidine rings is 1. The minimum absolute atomic E-state index is 0.292. The van der Waals surface area contributed by atoms with Crippen LogP contribution in [0, 0.1) is 29.6 Å². The van der Waals surface area contributed by atoms with Gasteiger partial charge in [0.25, 0.3) is 0 Å².